The SMILES string of the molecule is Cc1ncc(-c2ccccc2CCO)nc1-c1nnc(-c2ccccc2)o1.[HH].[HH]. The first-order valence-electron chi connectivity index (χ1n) is 8.68. The zero-order valence-corrected chi connectivity index (χ0v) is 14.8. The van der Waals surface area contributed by atoms with Crippen LogP contribution in [-0.4, -0.2) is 31.9 Å². The summed E-state index contributed by atoms with van der Waals surface area (Å²) in [6, 6.07) is 17.4. The monoisotopic (exact) mass is 362 g/mol. The van der Waals surface area contributed by atoms with Crippen LogP contribution in [0.5, 0.6) is 0 Å². The van der Waals surface area contributed by atoms with Crippen LogP contribution in [0.15, 0.2) is 65.2 Å². The van der Waals surface area contributed by atoms with E-state index in [0.717, 1.165) is 16.7 Å². The van der Waals surface area contributed by atoms with Crippen LogP contribution in [-0.2, 0) is 6.42 Å². The van der Waals surface area contributed by atoms with Gasteiger partial charge in [0.25, 0.3) is 5.89 Å². The Morgan fingerprint density at radius 3 is 2.52 bits per heavy atom. The van der Waals surface area contributed by atoms with E-state index in [-0.39, 0.29) is 9.46 Å². The van der Waals surface area contributed by atoms with Gasteiger partial charge in [-0.25, -0.2) is 4.98 Å². The average Bonchev–Trinajstić information content (AvgIpc) is 3.20. The molecule has 0 bridgehead atoms. The van der Waals surface area contributed by atoms with E-state index in [1.165, 1.54) is 0 Å². The van der Waals surface area contributed by atoms with Gasteiger partial charge in [0.15, 0.2) is 0 Å². The molecule has 2 aromatic heterocycles. The fourth-order valence-corrected chi connectivity index (χ4v) is 2.91. The summed E-state index contributed by atoms with van der Waals surface area (Å²) in [4.78, 5) is 9.18. The lowest BCUT2D eigenvalue weighted by atomic mass is 10.0. The highest BCUT2D eigenvalue weighted by Gasteiger charge is 2.16. The number of hydrogen-bond acceptors (Lipinski definition) is 6. The van der Waals surface area contributed by atoms with Crippen molar-refractivity contribution in [2.75, 3.05) is 6.61 Å². The molecule has 0 aliphatic rings. The fourth-order valence-electron chi connectivity index (χ4n) is 2.91. The zero-order valence-electron chi connectivity index (χ0n) is 14.8. The molecule has 2 heterocycles. The normalized spacial score (nSPS) is 10.9. The summed E-state index contributed by atoms with van der Waals surface area (Å²) in [6.07, 6.45) is 2.28. The summed E-state index contributed by atoms with van der Waals surface area (Å²) in [6.45, 7) is 1.94. The molecule has 0 atom stereocenters. The zero-order chi connectivity index (χ0) is 18.6. The van der Waals surface area contributed by atoms with E-state index in [2.05, 4.69) is 15.2 Å². The minimum atomic E-state index is 0. The molecule has 0 spiro atoms. The van der Waals surface area contributed by atoms with Crippen LogP contribution in [0.1, 0.15) is 14.1 Å². The van der Waals surface area contributed by atoms with E-state index in [1.807, 2.05) is 61.5 Å². The molecule has 0 radical (unpaired) electrons. The van der Waals surface area contributed by atoms with Crippen LogP contribution in [0.3, 0.4) is 0 Å². The Morgan fingerprint density at radius 1 is 0.963 bits per heavy atom. The Kier molecular flexibility index (Phi) is 4.72. The molecular weight excluding hydrogens is 340 g/mol. The predicted octanol–water partition coefficient (Wildman–Crippen LogP) is 4.20. The molecular formula is C21H22N4O2. The Labute approximate surface area is 159 Å². The van der Waals surface area contributed by atoms with Crippen molar-refractivity contribution in [1.29, 1.82) is 0 Å². The molecule has 0 saturated heterocycles. The van der Waals surface area contributed by atoms with E-state index in [4.69, 9.17) is 9.40 Å². The number of nitrogens with zero attached hydrogens (tertiary/aromatic N) is 4. The Morgan fingerprint density at radius 2 is 1.70 bits per heavy atom. The first-order chi connectivity index (χ1) is 13.3. The molecule has 0 amide bonds. The molecule has 0 saturated carbocycles. The van der Waals surface area contributed by atoms with E-state index in [9.17, 15) is 5.11 Å². The number of aliphatic hydroxyl groups excluding tert-OH is 1. The number of rotatable bonds is 5. The van der Waals surface area contributed by atoms with Gasteiger partial charge in [-0.1, -0.05) is 42.5 Å². The van der Waals surface area contributed by atoms with Crippen molar-refractivity contribution >= 4 is 0 Å². The molecule has 138 valence electrons. The molecule has 2 aromatic carbocycles. The lowest BCUT2D eigenvalue weighted by Gasteiger charge is -2.09. The lowest BCUT2D eigenvalue weighted by Crippen LogP contribution is -1.99. The van der Waals surface area contributed by atoms with Crippen molar-refractivity contribution in [3.63, 3.8) is 0 Å². The highest BCUT2D eigenvalue weighted by Crippen LogP contribution is 2.28. The highest BCUT2D eigenvalue weighted by atomic mass is 16.4. The topological polar surface area (TPSA) is 84.9 Å². The molecule has 0 aliphatic heterocycles. The number of aromatic nitrogens is 4. The maximum absolute atomic E-state index is 9.31. The molecule has 6 nitrogen and oxygen atoms in total. The van der Waals surface area contributed by atoms with Crippen LogP contribution >= 0.6 is 0 Å². The van der Waals surface area contributed by atoms with Gasteiger partial charge in [-0.05, 0) is 31.0 Å². The largest absolute Gasteiger partial charge is 0.415 e. The summed E-state index contributed by atoms with van der Waals surface area (Å²) >= 11 is 0. The van der Waals surface area contributed by atoms with Crippen molar-refractivity contribution < 1.29 is 12.4 Å². The van der Waals surface area contributed by atoms with Crippen LogP contribution in [0.25, 0.3) is 34.3 Å². The van der Waals surface area contributed by atoms with Gasteiger partial charge in [-0.15, -0.1) is 10.2 Å². The van der Waals surface area contributed by atoms with Gasteiger partial charge in [-0.3, -0.25) is 4.98 Å². The minimum absolute atomic E-state index is 0. The van der Waals surface area contributed by atoms with Crippen molar-refractivity contribution in [2.45, 2.75) is 13.3 Å². The maximum Gasteiger partial charge on any atom is 0.268 e. The van der Waals surface area contributed by atoms with E-state index in [0.29, 0.717) is 35.3 Å². The van der Waals surface area contributed by atoms with Crippen molar-refractivity contribution in [1.82, 2.24) is 20.2 Å². The van der Waals surface area contributed by atoms with Gasteiger partial charge >= 0.3 is 0 Å². The molecule has 0 unspecified atom stereocenters. The Bertz CT molecular complexity index is 1070. The smallest absolute Gasteiger partial charge is 0.268 e. The van der Waals surface area contributed by atoms with Gasteiger partial charge in [-0.2, -0.15) is 0 Å². The molecule has 27 heavy (non-hydrogen) atoms. The predicted molar refractivity (Wildman–Crippen MR) is 106 cm³/mol. The standard InChI is InChI=1S/C21H18N4O2.2H2/c1-14-19(21-25-24-20(27-21)16-8-3-2-4-9-16)23-18(13-22-14)17-10-6-5-7-15(17)11-12-26;;/h2-10,13,26H,11-12H2,1H3;2*1H. The Balaban J connectivity index is 0.00000150. The molecule has 0 fully saturated rings. The number of hydrogen-bond donors (Lipinski definition) is 1. The van der Waals surface area contributed by atoms with Crippen LogP contribution < -0.4 is 0 Å². The van der Waals surface area contributed by atoms with Crippen molar-refractivity contribution in [3.05, 3.63) is 72.1 Å². The second kappa shape index (κ2) is 7.47. The molecule has 6 heteroatoms. The maximum atomic E-state index is 9.31. The third-order valence-corrected chi connectivity index (χ3v) is 4.28. The van der Waals surface area contributed by atoms with Crippen molar-refractivity contribution in [2.24, 2.45) is 0 Å². The van der Waals surface area contributed by atoms with Gasteiger partial charge in [0, 0.05) is 20.6 Å². The number of aliphatic hydroxyl groups is 1. The Hall–Kier alpha value is -3.38. The van der Waals surface area contributed by atoms with E-state index >= 15 is 0 Å². The van der Waals surface area contributed by atoms with Gasteiger partial charge in [0.1, 0.15) is 5.69 Å². The summed E-state index contributed by atoms with van der Waals surface area (Å²) in [5.41, 5.74) is 4.77. The third-order valence-electron chi connectivity index (χ3n) is 4.28. The third kappa shape index (κ3) is 3.47. The molecule has 1 N–H and O–H groups in total. The molecule has 4 aromatic rings. The summed E-state index contributed by atoms with van der Waals surface area (Å²) in [5.74, 6) is 0.776. The molecule has 4 rings (SSSR count). The second-order valence-electron chi connectivity index (χ2n) is 6.10. The summed E-state index contributed by atoms with van der Waals surface area (Å²) in [5, 5.41) is 17.6. The summed E-state index contributed by atoms with van der Waals surface area (Å²) in [7, 11) is 0. The quantitative estimate of drug-likeness (QED) is 0.573. The van der Waals surface area contributed by atoms with E-state index in [1.54, 1.807) is 6.20 Å². The van der Waals surface area contributed by atoms with Gasteiger partial charge in [0.2, 0.25) is 5.89 Å². The number of benzene rings is 2. The summed E-state index contributed by atoms with van der Waals surface area (Å²) < 4.78 is 5.84. The van der Waals surface area contributed by atoms with Gasteiger partial charge < -0.3 is 9.52 Å². The van der Waals surface area contributed by atoms with E-state index < -0.39 is 0 Å². The minimum Gasteiger partial charge on any atom is -0.415 e. The fraction of sp³-hybridized carbons (Fsp3) is 0.143. The van der Waals surface area contributed by atoms with Crippen LogP contribution in [0, 0.1) is 6.92 Å². The second-order valence-corrected chi connectivity index (χ2v) is 6.10. The van der Waals surface area contributed by atoms with Crippen molar-refractivity contribution in [3.8, 4) is 34.3 Å². The first-order valence-corrected chi connectivity index (χ1v) is 8.68. The average molecular weight is 362 g/mol. The highest BCUT2D eigenvalue weighted by molar-refractivity contribution is 5.66. The van der Waals surface area contributed by atoms with Crippen LogP contribution in [0.2, 0.25) is 0 Å². The lowest BCUT2D eigenvalue weighted by molar-refractivity contribution is 0.300. The first kappa shape index (κ1) is 17.1. The molecule has 0 aliphatic carbocycles. The van der Waals surface area contributed by atoms with Gasteiger partial charge in [0.05, 0.1) is 17.6 Å². The van der Waals surface area contributed by atoms with Crippen LogP contribution in [0.4, 0.5) is 0 Å². The number of aryl methyl sites for hydroxylation is 1.